The third-order valence-electron chi connectivity index (χ3n) is 5.78. The van der Waals surface area contributed by atoms with Crippen molar-refractivity contribution >= 4 is 29.2 Å². The number of amides is 2. The first-order valence-electron chi connectivity index (χ1n) is 12.7. The molecule has 0 radical (unpaired) electrons. The number of halogens is 3. The number of benzene rings is 3. The van der Waals surface area contributed by atoms with E-state index in [1.165, 1.54) is 6.07 Å². The lowest BCUT2D eigenvalue weighted by atomic mass is 10.0. The van der Waals surface area contributed by atoms with E-state index in [9.17, 15) is 27.6 Å². The minimum absolute atomic E-state index is 0.0465. The van der Waals surface area contributed by atoms with Gasteiger partial charge in [-0.15, -0.1) is 0 Å². The van der Waals surface area contributed by atoms with Gasteiger partial charge in [0.2, 0.25) is 5.91 Å². The largest absolute Gasteiger partial charge is 0.457 e. The number of carbonyl (C=O) groups excluding carboxylic acids is 3. The van der Waals surface area contributed by atoms with Crippen LogP contribution in [0, 0.1) is 6.92 Å². The Morgan fingerprint density at radius 3 is 2.23 bits per heavy atom. The van der Waals surface area contributed by atoms with E-state index in [-0.39, 0.29) is 30.9 Å². The lowest BCUT2D eigenvalue weighted by molar-refractivity contribution is -0.147. The summed E-state index contributed by atoms with van der Waals surface area (Å²) in [6.07, 6.45) is -4.42. The fraction of sp³-hybridized carbons (Fsp3) is 0.300. The van der Waals surface area contributed by atoms with Crippen LogP contribution in [-0.2, 0) is 25.3 Å². The lowest BCUT2D eigenvalue weighted by Gasteiger charge is -2.15. The maximum absolute atomic E-state index is 12.8. The molecule has 0 fully saturated rings. The average Bonchev–Trinajstić information content (AvgIpc) is 2.88. The van der Waals surface area contributed by atoms with Crippen molar-refractivity contribution in [3.05, 3.63) is 83.4 Å². The number of anilines is 2. The van der Waals surface area contributed by atoms with Crippen LogP contribution in [0.2, 0.25) is 0 Å². The number of aryl methyl sites for hydroxylation is 1. The quantitative estimate of drug-likeness (QED) is 0.243. The third-order valence-corrected chi connectivity index (χ3v) is 5.78. The lowest BCUT2D eigenvalue weighted by Crippen LogP contribution is -2.21. The van der Waals surface area contributed by atoms with E-state index in [4.69, 9.17) is 9.47 Å². The zero-order valence-corrected chi connectivity index (χ0v) is 22.4. The van der Waals surface area contributed by atoms with Gasteiger partial charge in [0.05, 0.1) is 5.56 Å². The fourth-order valence-corrected chi connectivity index (χ4v) is 3.75. The Hall–Kier alpha value is -4.34. The molecule has 0 aliphatic heterocycles. The minimum atomic E-state index is -4.54. The molecule has 0 saturated carbocycles. The van der Waals surface area contributed by atoms with Gasteiger partial charge in [0.1, 0.15) is 11.5 Å². The molecule has 10 heteroatoms. The van der Waals surface area contributed by atoms with Crippen LogP contribution >= 0.6 is 0 Å². The van der Waals surface area contributed by atoms with E-state index in [0.717, 1.165) is 35.1 Å². The van der Waals surface area contributed by atoms with E-state index in [0.29, 0.717) is 17.4 Å². The first-order chi connectivity index (χ1) is 18.9. The Morgan fingerprint density at radius 1 is 0.850 bits per heavy atom. The molecule has 0 heterocycles. The molecule has 2 amide bonds. The van der Waals surface area contributed by atoms with Crippen LogP contribution in [0.15, 0.2) is 66.7 Å². The molecule has 0 aliphatic carbocycles. The smallest absolute Gasteiger partial charge is 0.416 e. The van der Waals surface area contributed by atoms with Gasteiger partial charge in [0.25, 0.3) is 5.91 Å². The Labute approximate surface area is 230 Å². The molecule has 3 aromatic carbocycles. The molecule has 212 valence electrons. The van der Waals surface area contributed by atoms with Gasteiger partial charge in [-0.05, 0) is 78.9 Å². The Bertz CT molecular complexity index is 1340. The highest BCUT2D eigenvalue weighted by Crippen LogP contribution is 2.32. The SMILES string of the molecule is Cc1ccc(C(C)C)c(Oc2ccc(NC(=O)CCCC(=O)OCC(=O)Nc3cccc(C(F)(F)F)c3)cc2)c1. The van der Waals surface area contributed by atoms with Crippen molar-refractivity contribution in [1.29, 1.82) is 0 Å². The summed E-state index contributed by atoms with van der Waals surface area (Å²) in [7, 11) is 0. The number of ether oxygens (including phenoxy) is 2. The van der Waals surface area contributed by atoms with Gasteiger partial charge >= 0.3 is 12.1 Å². The van der Waals surface area contributed by atoms with Gasteiger partial charge in [0, 0.05) is 24.2 Å². The zero-order valence-electron chi connectivity index (χ0n) is 22.4. The molecule has 3 rings (SSSR count). The standard InChI is InChI=1S/C30H31F3N2O5/c1-19(2)25-15-10-20(3)16-26(25)40-24-13-11-22(12-14-24)34-27(36)8-5-9-29(38)39-18-28(37)35-23-7-4-6-21(17-23)30(31,32)33/h4,6-7,10-17,19H,5,8-9,18H2,1-3H3,(H,34,36)(H,35,37). The number of hydrogen-bond donors (Lipinski definition) is 2. The number of nitrogens with one attached hydrogen (secondary N) is 2. The molecule has 0 aromatic heterocycles. The highest BCUT2D eigenvalue weighted by atomic mass is 19.4. The van der Waals surface area contributed by atoms with Crippen molar-refractivity contribution in [3.63, 3.8) is 0 Å². The Morgan fingerprint density at radius 2 is 1.55 bits per heavy atom. The molecular formula is C30H31F3N2O5. The number of rotatable bonds is 11. The van der Waals surface area contributed by atoms with Crippen LogP contribution in [0.3, 0.4) is 0 Å². The van der Waals surface area contributed by atoms with Crippen LogP contribution in [0.5, 0.6) is 11.5 Å². The summed E-state index contributed by atoms with van der Waals surface area (Å²) in [6.45, 7) is 5.53. The molecule has 0 spiro atoms. The van der Waals surface area contributed by atoms with Gasteiger partial charge in [-0.1, -0.05) is 32.0 Å². The molecule has 7 nitrogen and oxygen atoms in total. The second-order valence-corrected chi connectivity index (χ2v) is 9.51. The minimum Gasteiger partial charge on any atom is -0.457 e. The van der Waals surface area contributed by atoms with Crippen LogP contribution in [0.1, 0.15) is 55.7 Å². The number of alkyl halides is 3. The predicted molar refractivity (Wildman–Crippen MR) is 145 cm³/mol. The van der Waals surface area contributed by atoms with Crippen LogP contribution in [0.25, 0.3) is 0 Å². The molecule has 0 atom stereocenters. The zero-order chi connectivity index (χ0) is 29.3. The van der Waals surface area contributed by atoms with E-state index >= 15 is 0 Å². The van der Waals surface area contributed by atoms with Crippen molar-refractivity contribution in [3.8, 4) is 11.5 Å². The van der Waals surface area contributed by atoms with E-state index in [1.807, 2.05) is 19.1 Å². The van der Waals surface area contributed by atoms with Crippen LogP contribution in [-0.4, -0.2) is 24.4 Å². The van der Waals surface area contributed by atoms with Crippen molar-refractivity contribution in [2.45, 2.75) is 52.1 Å². The average molecular weight is 557 g/mol. The van der Waals surface area contributed by atoms with E-state index < -0.39 is 30.2 Å². The van der Waals surface area contributed by atoms with Crippen molar-refractivity contribution < 1.29 is 37.0 Å². The van der Waals surface area contributed by atoms with Gasteiger partial charge in [0.15, 0.2) is 6.61 Å². The third kappa shape index (κ3) is 9.44. The maximum Gasteiger partial charge on any atom is 0.416 e. The Balaban J connectivity index is 1.38. The monoisotopic (exact) mass is 556 g/mol. The fourth-order valence-electron chi connectivity index (χ4n) is 3.75. The summed E-state index contributed by atoms with van der Waals surface area (Å²) < 4.78 is 49.2. The van der Waals surface area contributed by atoms with Gasteiger partial charge in [-0.2, -0.15) is 13.2 Å². The molecule has 40 heavy (non-hydrogen) atoms. The second-order valence-electron chi connectivity index (χ2n) is 9.51. The number of hydrogen-bond acceptors (Lipinski definition) is 5. The second kappa shape index (κ2) is 13.6. The normalized spacial score (nSPS) is 11.2. The van der Waals surface area contributed by atoms with Gasteiger partial charge in [-0.25, -0.2) is 0 Å². The van der Waals surface area contributed by atoms with Crippen molar-refractivity contribution in [2.24, 2.45) is 0 Å². The molecule has 3 aromatic rings. The first-order valence-corrected chi connectivity index (χ1v) is 12.7. The van der Waals surface area contributed by atoms with Crippen molar-refractivity contribution in [2.75, 3.05) is 17.2 Å². The molecule has 0 bridgehead atoms. The molecule has 0 saturated heterocycles. The van der Waals surface area contributed by atoms with E-state index in [1.54, 1.807) is 24.3 Å². The Kier molecular flexibility index (Phi) is 10.3. The summed E-state index contributed by atoms with van der Waals surface area (Å²) in [6, 6.07) is 17.1. The van der Waals surface area contributed by atoms with E-state index in [2.05, 4.69) is 30.5 Å². The summed E-state index contributed by atoms with van der Waals surface area (Å²) in [5.41, 5.74) is 1.78. The first kappa shape index (κ1) is 30.2. The highest BCUT2D eigenvalue weighted by Gasteiger charge is 2.30. The summed E-state index contributed by atoms with van der Waals surface area (Å²) >= 11 is 0. The maximum atomic E-state index is 12.8. The topological polar surface area (TPSA) is 93.7 Å². The number of carbonyl (C=O) groups is 3. The van der Waals surface area contributed by atoms with Crippen LogP contribution < -0.4 is 15.4 Å². The summed E-state index contributed by atoms with van der Waals surface area (Å²) in [5, 5.41) is 5.00. The highest BCUT2D eigenvalue weighted by molar-refractivity contribution is 5.93. The summed E-state index contributed by atoms with van der Waals surface area (Å²) in [4.78, 5) is 36.1. The molecule has 0 aliphatic rings. The van der Waals surface area contributed by atoms with Crippen molar-refractivity contribution in [1.82, 2.24) is 0 Å². The van der Waals surface area contributed by atoms with Gasteiger partial charge in [-0.3, -0.25) is 14.4 Å². The molecular weight excluding hydrogens is 525 g/mol. The number of esters is 1. The van der Waals surface area contributed by atoms with Gasteiger partial charge < -0.3 is 20.1 Å². The summed E-state index contributed by atoms with van der Waals surface area (Å²) in [5.74, 6) is -0.0687. The predicted octanol–water partition coefficient (Wildman–Crippen LogP) is 7.22. The van der Waals surface area contributed by atoms with Crippen LogP contribution in [0.4, 0.5) is 24.5 Å². The molecule has 2 N–H and O–H groups in total. The molecule has 0 unspecified atom stereocenters.